The minimum absolute atomic E-state index is 0.500. The Balaban J connectivity index is 2.60. The Morgan fingerprint density at radius 3 is 2.12 bits per heavy atom. The number of pyridine rings is 1. The predicted molar refractivity (Wildman–Crippen MR) is 77.2 cm³/mol. The number of nitrogens with zero attached hydrogens (tertiary/aromatic N) is 3. The highest BCUT2D eigenvalue weighted by Gasteiger charge is 2.09. The summed E-state index contributed by atoms with van der Waals surface area (Å²) >= 11 is 8.22. The highest BCUT2D eigenvalue weighted by molar-refractivity contribution is 14.1. The van der Waals surface area contributed by atoms with E-state index in [0.29, 0.717) is 11.0 Å². The van der Waals surface area contributed by atoms with Crippen LogP contribution in [0, 0.1) is 24.3 Å². The molecule has 0 saturated heterocycles. The Labute approximate surface area is 119 Å². The van der Waals surface area contributed by atoms with E-state index in [9.17, 15) is 0 Å². The molecule has 0 saturated carbocycles. The molecule has 0 aromatic carbocycles. The average molecular weight is 360 g/mol. The summed E-state index contributed by atoms with van der Waals surface area (Å²) in [6.45, 7) is 5.84. The molecule has 5 heteroatoms. The normalized spacial score (nSPS) is 10.6. The fourth-order valence-electron chi connectivity index (χ4n) is 1.62. The van der Waals surface area contributed by atoms with E-state index in [1.807, 2.05) is 32.9 Å². The Kier molecular flexibility index (Phi) is 3.63. The summed E-state index contributed by atoms with van der Waals surface area (Å²) in [7, 11) is 0. The second-order valence-corrected chi connectivity index (χ2v) is 5.31. The molecule has 0 unspecified atom stereocenters. The van der Waals surface area contributed by atoms with Crippen molar-refractivity contribution in [1.82, 2.24) is 15.0 Å². The van der Waals surface area contributed by atoms with Crippen LogP contribution >= 0.6 is 34.2 Å². The van der Waals surface area contributed by atoms with Crippen LogP contribution in [0.1, 0.15) is 17.1 Å². The molecule has 0 aliphatic carbocycles. The highest BCUT2D eigenvalue weighted by Crippen LogP contribution is 2.24. The summed E-state index contributed by atoms with van der Waals surface area (Å²) in [5.74, 6) is 0.654. The van der Waals surface area contributed by atoms with Crippen molar-refractivity contribution >= 4 is 34.2 Å². The molecule has 2 rings (SSSR count). The third-order valence-electron chi connectivity index (χ3n) is 2.32. The van der Waals surface area contributed by atoms with Crippen LogP contribution < -0.4 is 0 Å². The van der Waals surface area contributed by atoms with Crippen LogP contribution in [0.5, 0.6) is 0 Å². The van der Waals surface area contributed by atoms with Crippen LogP contribution in [0.15, 0.2) is 12.1 Å². The van der Waals surface area contributed by atoms with Gasteiger partial charge in [-0.3, -0.25) is 4.98 Å². The molecule has 0 bridgehead atoms. The maximum absolute atomic E-state index is 6.07. The fraction of sp³-hybridized carbons (Fsp3) is 0.250. The van der Waals surface area contributed by atoms with Gasteiger partial charge in [0, 0.05) is 17.0 Å². The van der Waals surface area contributed by atoms with Crippen molar-refractivity contribution in [2.24, 2.45) is 0 Å². The summed E-state index contributed by atoms with van der Waals surface area (Å²) in [4.78, 5) is 13.1. The van der Waals surface area contributed by atoms with Crippen LogP contribution in [-0.4, -0.2) is 15.0 Å². The molecule has 0 amide bonds. The molecule has 88 valence electrons. The van der Waals surface area contributed by atoms with E-state index < -0.39 is 0 Å². The summed E-state index contributed by atoms with van der Waals surface area (Å²) in [5.41, 5.74) is 3.76. The van der Waals surface area contributed by atoms with Gasteiger partial charge in [0.25, 0.3) is 0 Å². The molecule has 0 aliphatic rings. The first-order chi connectivity index (χ1) is 7.97. The van der Waals surface area contributed by atoms with E-state index in [2.05, 4.69) is 37.5 Å². The van der Waals surface area contributed by atoms with Crippen molar-refractivity contribution in [1.29, 1.82) is 0 Å². The molecule has 2 aromatic heterocycles. The molecule has 0 atom stereocenters. The standard InChI is InChI=1S/C12H11ClIN3/c1-6-4-9(5-7(2)15-6)12-16-8(3)10(14)11(13)17-12/h4-5H,1-3H3. The molecule has 0 fully saturated rings. The zero-order valence-electron chi connectivity index (χ0n) is 9.75. The van der Waals surface area contributed by atoms with Crippen molar-refractivity contribution in [3.63, 3.8) is 0 Å². The van der Waals surface area contributed by atoms with E-state index in [1.54, 1.807) is 0 Å². The summed E-state index contributed by atoms with van der Waals surface area (Å²) in [6.07, 6.45) is 0. The lowest BCUT2D eigenvalue weighted by molar-refractivity contribution is 1.07. The average Bonchev–Trinajstić information content (AvgIpc) is 2.23. The van der Waals surface area contributed by atoms with Gasteiger partial charge in [-0.05, 0) is 55.5 Å². The van der Waals surface area contributed by atoms with Gasteiger partial charge in [0.1, 0.15) is 5.15 Å². The van der Waals surface area contributed by atoms with Gasteiger partial charge in [-0.1, -0.05) is 11.6 Å². The van der Waals surface area contributed by atoms with Crippen molar-refractivity contribution in [3.8, 4) is 11.4 Å². The summed E-state index contributed by atoms with van der Waals surface area (Å²) in [6, 6.07) is 3.93. The fourth-order valence-corrected chi connectivity index (χ4v) is 2.07. The van der Waals surface area contributed by atoms with Gasteiger partial charge in [-0.25, -0.2) is 9.97 Å². The minimum Gasteiger partial charge on any atom is -0.258 e. The number of hydrogen-bond acceptors (Lipinski definition) is 3. The van der Waals surface area contributed by atoms with Gasteiger partial charge < -0.3 is 0 Å². The Hall–Kier alpha value is -0.750. The number of hydrogen-bond donors (Lipinski definition) is 0. The highest BCUT2D eigenvalue weighted by atomic mass is 127. The monoisotopic (exact) mass is 359 g/mol. The van der Waals surface area contributed by atoms with Gasteiger partial charge in [0.15, 0.2) is 5.82 Å². The van der Waals surface area contributed by atoms with E-state index in [-0.39, 0.29) is 0 Å². The van der Waals surface area contributed by atoms with Crippen molar-refractivity contribution < 1.29 is 0 Å². The second-order valence-electron chi connectivity index (χ2n) is 3.88. The van der Waals surface area contributed by atoms with E-state index in [4.69, 9.17) is 11.6 Å². The molecule has 0 aliphatic heterocycles. The summed E-state index contributed by atoms with van der Waals surface area (Å²) in [5, 5.41) is 0.500. The molecule has 0 radical (unpaired) electrons. The summed E-state index contributed by atoms with van der Waals surface area (Å²) < 4.78 is 0.899. The van der Waals surface area contributed by atoms with Gasteiger partial charge in [0.2, 0.25) is 0 Å². The number of halogens is 2. The first kappa shape index (κ1) is 12.7. The Morgan fingerprint density at radius 2 is 1.59 bits per heavy atom. The maximum atomic E-state index is 6.07. The predicted octanol–water partition coefficient (Wildman–Crippen LogP) is 3.72. The third-order valence-corrected chi connectivity index (χ3v) is 4.20. The van der Waals surface area contributed by atoms with Gasteiger partial charge in [-0.2, -0.15) is 0 Å². The zero-order chi connectivity index (χ0) is 12.6. The Bertz CT molecular complexity index is 541. The quantitative estimate of drug-likeness (QED) is 0.575. The lowest BCUT2D eigenvalue weighted by atomic mass is 10.2. The van der Waals surface area contributed by atoms with Crippen LogP contribution in [-0.2, 0) is 0 Å². The van der Waals surface area contributed by atoms with E-state index in [1.165, 1.54) is 0 Å². The molecule has 0 N–H and O–H groups in total. The SMILES string of the molecule is Cc1cc(-c2nc(C)c(I)c(Cl)n2)cc(C)n1. The first-order valence-corrected chi connectivity index (χ1v) is 6.58. The van der Waals surface area contributed by atoms with Crippen LogP contribution in [0.3, 0.4) is 0 Å². The van der Waals surface area contributed by atoms with E-state index in [0.717, 1.165) is 26.2 Å². The topological polar surface area (TPSA) is 38.7 Å². The molecule has 2 heterocycles. The molecular formula is C12H11ClIN3. The molecular weight excluding hydrogens is 349 g/mol. The molecule has 2 aromatic rings. The van der Waals surface area contributed by atoms with Gasteiger partial charge in [-0.15, -0.1) is 0 Å². The van der Waals surface area contributed by atoms with Crippen LogP contribution in [0.4, 0.5) is 0 Å². The molecule has 0 spiro atoms. The second kappa shape index (κ2) is 4.86. The number of aryl methyl sites for hydroxylation is 3. The zero-order valence-corrected chi connectivity index (χ0v) is 12.7. The van der Waals surface area contributed by atoms with Crippen molar-refractivity contribution in [2.75, 3.05) is 0 Å². The van der Waals surface area contributed by atoms with Crippen LogP contribution in [0.25, 0.3) is 11.4 Å². The lowest BCUT2D eigenvalue weighted by Crippen LogP contribution is -1.98. The van der Waals surface area contributed by atoms with Crippen LogP contribution in [0.2, 0.25) is 5.15 Å². The number of aromatic nitrogens is 3. The third kappa shape index (κ3) is 2.74. The molecule has 17 heavy (non-hydrogen) atoms. The first-order valence-electron chi connectivity index (χ1n) is 5.12. The number of rotatable bonds is 1. The minimum atomic E-state index is 0.500. The lowest BCUT2D eigenvalue weighted by Gasteiger charge is -2.06. The van der Waals surface area contributed by atoms with Crippen molar-refractivity contribution in [2.45, 2.75) is 20.8 Å². The van der Waals surface area contributed by atoms with Gasteiger partial charge in [0.05, 0.1) is 9.26 Å². The smallest absolute Gasteiger partial charge is 0.161 e. The maximum Gasteiger partial charge on any atom is 0.161 e. The van der Waals surface area contributed by atoms with Gasteiger partial charge >= 0.3 is 0 Å². The Morgan fingerprint density at radius 1 is 1.00 bits per heavy atom. The largest absolute Gasteiger partial charge is 0.258 e. The van der Waals surface area contributed by atoms with E-state index >= 15 is 0 Å². The molecule has 3 nitrogen and oxygen atoms in total. The van der Waals surface area contributed by atoms with Crippen molar-refractivity contribution in [3.05, 3.63) is 37.9 Å².